The Balaban J connectivity index is 1.23. The van der Waals surface area contributed by atoms with Crippen LogP contribution in [0, 0.1) is 0 Å². The molecule has 1 aliphatic heterocycles. The SMILES string of the molecule is CCC(=O)N[C@H]1C[C@@H](n2cnc3c(NCC(c4ccccc4)c4ccccc4)nc(N[C@@H]4CCN(Cc5ccccc5)C4)nc32)[C@H](OC(=O)C(F)(F)F)[C@@H]1O. The monoisotopic (exact) mass is 756 g/mol. The van der Waals surface area contributed by atoms with Gasteiger partial charge in [0.15, 0.2) is 23.1 Å². The maximum atomic E-state index is 13.5. The Morgan fingerprint density at radius 1 is 0.964 bits per heavy atom. The summed E-state index contributed by atoms with van der Waals surface area (Å²) >= 11 is 0. The number of carbonyl (C=O) groups excluding carboxylic acids is 2. The van der Waals surface area contributed by atoms with Crippen molar-refractivity contribution in [2.24, 2.45) is 0 Å². The molecule has 4 N–H and O–H groups in total. The van der Waals surface area contributed by atoms with E-state index in [1.807, 2.05) is 54.6 Å². The first kappa shape index (κ1) is 37.8. The minimum atomic E-state index is -5.30. The van der Waals surface area contributed by atoms with Crippen molar-refractivity contribution in [3.05, 3.63) is 114 Å². The maximum Gasteiger partial charge on any atom is 0.490 e. The van der Waals surface area contributed by atoms with E-state index in [9.17, 15) is 27.9 Å². The number of imidazole rings is 1. The second-order valence-corrected chi connectivity index (χ2v) is 14.0. The molecule has 0 unspecified atom stereocenters. The van der Waals surface area contributed by atoms with Crippen LogP contribution in [0.15, 0.2) is 97.3 Å². The van der Waals surface area contributed by atoms with E-state index in [1.165, 1.54) is 16.5 Å². The van der Waals surface area contributed by atoms with E-state index in [2.05, 4.69) is 62.2 Å². The molecule has 5 atom stereocenters. The molecule has 1 saturated heterocycles. The molecule has 288 valence electrons. The number of carbonyl (C=O) groups is 2. The number of fused-ring (bicyclic) bond motifs is 1. The number of amides is 1. The third-order valence-corrected chi connectivity index (χ3v) is 10.3. The summed E-state index contributed by atoms with van der Waals surface area (Å²) in [4.78, 5) is 41.2. The van der Waals surface area contributed by atoms with Crippen LogP contribution in [0.4, 0.5) is 24.9 Å². The van der Waals surface area contributed by atoms with E-state index < -0.39 is 42.3 Å². The van der Waals surface area contributed by atoms with Gasteiger partial charge in [0.05, 0.1) is 18.4 Å². The van der Waals surface area contributed by atoms with E-state index in [1.54, 1.807) is 6.92 Å². The van der Waals surface area contributed by atoms with Gasteiger partial charge in [-0.3, -0.25) is 9.69 Å². The molecule has 55 heavy (non-hydrogen) atoms. The van der Waals surface area contributed by atoms with E-state index >= 15 is 0 Å². The highest BCUT2D eigenvalue weighted by molar-refractivity contribution is 5.84. The van der Waals surface area contributed by atoms with Crippen molar-refractivity contribution in [2.75, 3.05) is 30.3 Å². The number of rotatable bonds is 13. The molecule has 7 rings (SSSR count). The van der Waals surface area contributed by atoms with Gasteiger partial charge in [-0.25, -0.2) is 9.78 Å². The van der Waals surface area contributed by atoms with Gasteiger partial charge >= 0.3 is 12.1 Å². The lowest BCUT2D eigenvalue weighted by Crippen LogP contribution is -2.45. The number of halogens is 3. The lowest BCUT2D eigenvalue weighted by molar-refractivity contribution is -0.209. The van der Waals surface area contributed by atoms with Crippen molar-refractivity contribution < 1.29 is 32.6 Å². The molecule has 1 saturated carbocycles. The van der Waals surface area contributed by atoms with Crippen molar-refractivity contribution in [2.45, 2.75) is 75.2 Å². The van der Waals surface area contributed by atoms with Gasteiger partial charge in [-0.05, 0) is 29.5 Å². The van der Waals surface area contributed by atoms with Crippen molar-refractivity contribution in [3.63, 3.8) is 0 Å². The van der Waals surface area contributed by atoms with Crippen LogP contribution in [-0.4, -0.2) is 91.5 Å². The first-order valence-electron chi connectivity index (χ1n) is 18.4. The first-order chi connectivity index (χ1) is 26.6. The third-order valence-electron chi connectivity index (χ3n) is 10.3. The number of hydrogen-bond acceptors (Lipinski definition) is 10. The van der Waals surface area contributed by atoms with Crippen LogP contribution in [-0.2, 0) is 20.9 Å². The predicted octanol–water partition coefficient (Wildman–Crippen LogP) is 5.43. The van der Waals surface area contributed by atoms with E-state index in [0.29, 0.717) is 17.9 Å². The molecule has 3 aromatic carbocycles. The van der Waals surface area contributed by atoms with Crippen LogP contribution in [0.5, 0.6) is 0 Å². The number of likely N-dealkylation sites (tertiary alicyclic amines) is 1. The molecular formula is C40H43F3N8O4. The molecular weight excluding hydrogens is 713 g/mol. The third kappa shape index (κ3) is 8.73. The van der Waals surface area contributed by atoms with Gasteiger partial charge in [0.1, 0.15) is 6.10 Å². The number of anilines is 2. The van der Waals surface area contributed by atoms with Gasteiger partial charge in [-0.15, -0.1) is 0 Å². The molecule has 15 heteroatoms. The van der Waals surface area contributed by atoms with E-state index in [-0.39, 0.29) is 36.4 Å². The Morgan fingerprint density at radius 3 is 2.25 bits per heavy atom. The molecule has 12 nitrogen and oxygen atoms in total. The Labute approximate surface area is 316 Å². The fraction of sp³-hybridized carbons (Fsp3) is 0.375. The number of aliphatic hydroxyl groups is 1. The molecule has 0 spiro atoms. The highest BCUT2D eigenvalue weighted by Gasteiger charge is 2.51. The van der Waals surface area contributed by atoms with Crippen LogP contribution in [0.2, 0.25) is 0 Å². The molecule has 5 aromatic rings. The fourth-order valence-corrected chi connectivity index (χ4v) is 7.52. The number of aromatic nitrogens is 4. The number of hydrogen-bond donors (Lipinski definition) is 4. The number of esters is 1. The van der Waals surface area contributed by atoms with Crippen LogP contribution < -0.4 is 16.0 Å². The minimum Gasteiger partial charge on any atom is -0.451 e. The highest BCUT2D eigenvalue weighted by atomic mass is 19.4. The smallest absolute Gasteiger partial charge is 0.451 e. The molecule has 0 radical (unpaired) electrons. The van der Waals surface area contributed by atoms with E-state index in [4.69, 9.17) is 14.7 Å². The quantitative estimate of drug-likeness (QED) is 0.115. The molecule has 2 aliphatic rings. The predicted molar refractivity (Wildman–Crippen MR) is 200 cm³/mol. The maximum absolute atomic E-state index is 13.5. The zero-order valence-corrected chi connectivity index (χ0v) is 30.2. The van der Waals surface area contributed by atoms with Gasteiger partial charge in [0.25, 0.3) is 0 Å². The molecule has 1 amide bonds. The Bertz CT molecular complexity index is 2030. The normalized spacial score (nSPS) is 21.5. The van der Waals surface area contributed by atoms with Gasteiger partial charge in [-0.1, -0.05) is 97.9 Å². The summed E-state index contributed by atoms with van der Waals surface area (Å²) in [5, 5.41) is 20.8. The largest absolute Gasteiger partial charge is 0.490 e. The summed E-state index contributed by atoms with van der Waals surface area (Å²) in [5.41, 5.74) is 3.95. The molecule has 1 aliphatic carbocycles. The summed E-state index contributed by atoms with van der Waals surface area (Å²) in [6.45, 7) is 4.40. The number of alkyl halides is 3. The number of nitrogens with one attached hydrogen (secondary N) is 3. The van der Waals surface area contributed by atoms with Crippen LogP contribution in [0.1, 0.15) is 54.8 Å². The zero-order chi connectivity index (χ0) is 38.5. The molecule has 2 fully saturated rings. The number of nitrogens with zero attached hydrogens (tertiary/aromatic N) is 5. The van der Waals surface area contributed by atoms with Gasteiger partial charge in [0.2, 0.25) is 11.9 Å². The average Bonchev–Trinajstić information content (AvgIpc) is 3.90. The Hall–Kier alpha value is -5.54. The van der Waals surface area contributed by atoms with Crippen molar-refractivity contribution in [1.29, 1.82) is 0 Å². The topological polar surface area (TPSA) is 147 Å². The summed E-state index contributed by atoms with van der Waals surface area (Å²) < 4.78 is 46.9. The summed E-state index contributed by atoms with van der Waals surface area (Å²) in [6, 6.07) is 28.2. The minimum absolute atomic E-state index is 0.00537. The van der Waals surface area contributed by atoms with E-state index in [0.717, 1.165) is 37.2 Å². The lowest BCUT2D eigenvalue weighted by atomic mass is 9.91. The van der Waals surface area contributed by atoms with Gasteiger partial charge < -0.3 is 30.4 Å². The van der Waals surface area contributed by atoms with Crippen LogP contribution in [0.25, 0.3) is 11.2 Å². The highest BCUT2D eigenvalue weighted by Crippen LogP contribution is 2.38. The number of ether oxygens (including phenoxy) is 1. The zero-order valence-electron chi connectivity index (χ0n) is 30.2. The fourth-order valence-electron chi connectivity index (χ4n) is 7.52. The summed E-state index contributed by atoms with van der Waals surface area (Å²) in [7, 11) is 0. The second kappa shape index (κ2) is 16.4. The van der Waals surface area contributed by atoms with Crippen molar-refractivity contribution in [3.8, 4) is 0 Å². The lowest BCUT2D eigenvalue weighted by Gasteiger charge is -2.24. The number of aliphatic hydroxyl groups excluding tert-OH is 1. The first-order valence-corrected chi connectivity index (χ1v) is 18.4. The molecule has 3 heterocycles. The van der Waals surface area contributed by atoms with Gasteiger partial charge in [-0.2, -0.15) is 23.1 Å². The Morgan fingerprint density at radius 2 is 1.62 bits per heavy atom. The second-order valence-electron chi connectivity index (χ2n) is 14.0. The summed E-state index contributed by atoms with van der Waals surface area (Å²) in [6.07, 6.45) is -6.34. The van der Waals surface area contributed by atoms with Crippen molar-refractivity contribution >= 4 is 34.8 Å². The number of benzene rings is 3. The standard InChI is InChI=1S/C40H43F3N8O4/c1-2-32(52)47-30-20-31(35(34(30)53)55-38(54)40(41,42)43)51-24-45-33-36(44-21-29(26-14-8-4-9-15-26)27-16-10-5-11-17-27)48-39(49-37(33)51)46-28-18-19-50(23-28)22-25-12-6-3-7-13-25/h3-17,24,28-31,34-35,53H,2,18-23H2,1H3,(H,47,52)(H2,44,46,48,49)/t28-,30+,31-,34-,35+/m1/s1. The average molecular weight is 757 g/mol. The van der Waals surface area contributed by atoms with Gasteiger partial charge in [0, 0.05) is 44.6 Å². The van der Waals surface area contributed by atoms with Crippen molar-refractivity contribution in [1.82, 2.24) is 29.7 Å². The van der Waals surface area contributed by atoms with Crippen LogP contribution >= 0.6 is 0 Å². The molecule has 2 aromatic heterocycles. The summed E-state index contributed by atoms with van der Waals surface area (Å²) in [5.74, 6) is -2.27. The Kier molecular flexibility index (Phi) is 11.3. The molecule has 0 bridgehead atoms. The van der Waals surface area contributed by atoms with Crippen LogP contribution in [0.3, 0.4) is 0 Å².